The third kappa shape index (κ3) is 3.11. The molecule has 0 atom stereocenters. The van der Waals surface area contributed by atoms with Gasteiger partial charge >= 0.3 is 0 Å². The summed E-state index contributed by atoms with van der Waals surface area (Å²) in [6, 6.07) is 11.9. The van der Waals surface area contributed by atoms with Crippen LogP contribution in [0.2, 0.25) is 5.02 Å². The van der Waals surface area contributed by atoms with Crippen molar-refractivity contribution in [2.24, 2.45) is 5.73 Å². The van der Waals surface area contributed by atoms with Gasteiger partial charge in [-0.3, -0.25) is 5.41 Å². The van der Waals surface area contributed by atoms with E-state index in [0.717, 1.165) is 9.79 Å². The fraction of sp³-hybridized carbons (Fsp3) is 0.133. The second kappa shape index (κ2) is 5.68. The highest BCUT2D eigenvalue weighted by atomic mass is 35.5. The Kier molecular flexibility index (Phi) is 4.17. The van der Waals surface area contributed by atoms with Gasteiger partial charge in [0.15, 0.2) is 0 Å². The van der Waals surface area contributed by atoms with Crippen LogP contribution < -0.4 is 5.73 Å². The van der Waals surface area contributed by atoms with Crippen LogP contribution in [-0.4, -0.2) is 5.84 Å². The summed E-state index contributed by atoms with van der Waals surface area (Å²) in [4.78, 5) is 2.07. The molecule has 19 heavy (non-hydrogen) atoms. The van der Waals surface area contributed by atoms with Gasteiger partial charge in [-0.2, -0.15) is 0 Å². The summed E-state index contributed by atoms with van der Waals surface area (Å²) in [5, 5.41) is 8.18. The molecule has 0 heterocycles. The van der Waals surface area contributed by atoms with Gasteiger partial charge in [0.1, 0.15) is 5.84 Å². The molecule has 98 valence electrons. The topological polar surface area (TPSA) is 49.9 Å². The fourth-order valence-electron chi connectivity index (χ4n) is 1.79. The standard InChI is InChI=1S/C15H15ClN2S/c1-9-6-7-10(2)13(8-9)19-12-5-3-4-11(16)14(12)15(17)18/h3-8H,1-2H3,(H3,17,18). The monoisotopic (exact) mass is 290 g/mol. The predicted molar refractivity (Wildman–Crippen MR) is 82.5 cm³/mol. The van der Waals surface area contributed by atoms with Crippen LogP contribution in [0.1, 0.15) is 16.7 Å². The molecular formula is C15H15ClN2S. The van der Waals surface area contributed by atoms with E-state index in [1.807, 2.05) is 12.1 Å². The molecule has 0 spiro atoms. The first-order chi connectivity index (χ1) is 8.99. The summed E-state index contributed by atoms with van der Waals surface area (Å²) in [5.41, 5.74) is 8.64. The maximum absolute atomic E-state index is 7.66. The van der Waals surface area contributed by atoms with Crippen LogP contribution in [0, 0.1) is 19.3 Å². The number of nitrogen functional groups attached to an aromatic ring is 1. The first-order valence-electron chi connectivity index (χ1n) is 5.87. The second-order valence-electron chi connectivity index (χ2n) is 4.40. The highest BCUT2D eigenvalue weighted by Gasteiger charge is 2.12. The summed E-state index contributed by atoms with van der Waals surface area (Å²) in [5.74, 6) is -0.00148. The first-order valence-corrected chi connectivity index (χ1v) is 7.06. The van der Waals surface area contributed by atoms with Crippen LogP contribution >= 0.6 is 23.4 Å². The zero-order valence-electron chi connectivity index (χ0n) is 10.8. The van der Waals surface area contributed by atoms with Gasteiger partial charge in [-0.05, 0) is 43.2 Å². The Hall–Kier alpha value is -1.45. The summed E-state index contributed by atoms with van der Waals surface area (Å²) in [6.07, 6.45) is 0. The fourth-order valence-corrected chi connectivity index (χ4v) is 3.30. The molecule has 0 saturated carbocycles. The van der Waals surface area contributed by atoms with Gasteiger partial charge < -0.3 is 5.73 Å². The smallest absolute Gasteiger partial charge is 0.125 e. The van der Waals surface area contributed by atoms with E-state index in [9.17, 15) is 0 Å². The molecule has 0 aliphatic heterocycles. The minimum Gasteiger partial charge on any atom is -0.384 e. The molecule has 0 saturated heterocycles. The highest BCUT2D eigenvalue weighted by Crippen LogP contribution is 2.35. The molecule has 0 unspecified atom stereocenters. The van der Waals surface area contributed by atoms with Crippen LogP contribution in [-0.2, 0) is 0 Å². The van der Waals surface area contributed by atoms with E-state index in [4.69, 9.17) is 22.7 Å². The zero-order chi connectivity index (χ0) is 14.0. The lowest BCUT2D eigenvalue weighted by atomic mass is 10.2. The molecule has 3 N–H and O–H groups in total. The van der Waals surface area contributed by atoms with E-state index in [-0.39, 0.29) is 5.84 Å². The third-order valence-corrected chi connectivity index (χ3v) is 4.34. The number of hydrogen-bond acceptors (Lipinski definition) is 2. The molecule has 0 bridgehead atoms. The Bertz CT molecular complexity index is 638. The Balaban J connectivity index is 2.46. The van der Waals surface area contributed by atoms with Crippen molar-refractivity contribution in [3.05, 3.63) is 58.1 Å². The van der Waals surface area contributed by atoms with Crippen molar-refractivity contribution < 1.29 is 0 Å². The lowest BCUT2D eigenvalue weighted by Gasteiger charge is -2.11. The quantitative estimate of drug-likeness (QED) is 0.650. The van der Waals surface area contributed by atoms with Crippen LogP contribution in [0.5, 0.6) is 0 Å². The number of nitrogens with one attached hydrogen (secondary N) is 1. The van der Waals surface area contributed by atoms with E-state index in [0.29, 0.717) is 10.6 Å². The van der Waals surface area contributed by atoms with Gasteiger partial charge in [-0.15, -0.1) is 0 Å². The molecule has 0 aromatic heterocycles. The van der Waals surface area contributed by atoms with E-state index in [1.165, 1.54) is 11.1 Å². The average molecular weight is 291 g/mol. The third-order valence-electron chi connectivity index (χ3n) is 2.81. The lowest BCUT2D eigenvalue weighted by Crippen LogP contribution is -2.13. The minimum absolute atomic E-state index is 0.00148. The molecule has 0 fully saturated rings. The van der Waals surface area contributed by atoms with Crippen molar-refractivity contribution >= 4 is 29.2 Å². The Labute approximate surface area is 122 Å². The molecule has 4 heteroatoms. The van der Waals surface area contributed by atoms with Crippen molar-refractivity contribution in [3.63, 3.8) is 0 Å². The number of aryl methyl sites for hydroxylation is 2. The van der Waals surface area contributed by atoms with E-state index >= 15 is 0 Å². The molecule has 0 aliphatic rings. The maximum atomic E-state index is 7.66. The van der Waals surface area contributed by atoms with Crippen LogP contribution in [0.4, 0.5) is 0 Å². The minimum atomic E-state index is -0.00148. The largest absolute Gasteiger partial charge is 0.384 e. The van der Waals surface area contributed by atoms with Crippen LogP contribution in [0.25, 0.3) is 0 Å². The maximum Gasteiger partial charge on any atom is 0.125 e. The van der Waals surface area contributed by atoms with Crippen molar-refractivity contribution in [2.75, 3.05) is 0 Å². The number of benzene rings is 2. The van der Waals surface area contributed by atoms with Crippen molar-refractivity contribution in [3.8, 4) is 0 Å². The molecule has 2 aromatic rings. The summed E-state index contributed by atoms with van der Waals surface area (Å²) >= 11 is 7.72. The van der Waals surface area contributed by atoms with Gasteiger partial charge in [0.05, 0.1) is 5.02 Å². The Morgan fingerprint density at radius 3 is 2.58 bits per heavy atom. The highest BCUT2D eigenvalue weighted by molar-refractivity contribution is 7.99. The normalized spacial score (nSPS) is 10.5. The Morgan fingerprint density at radius 2 is 1.89 bits per heavy atom. The van der Waals surface area contributed by atoms with Gasteiger partial charge in [-0.1, -0.05) is 41.6 Å². The van der Waals surface area contributed by atoms with E-state index in [1.54, 1.807) is 17.8 Å². The van der Waals surface area contributed by atoms with E-state index < -0.39 is 0 Å². The molecular weight excluding hydrogens is 276 g/mol. The average Bonchev–Trinajstić information content (AvgIpc) is 2.33. The van der Waals surface area contributed by atoms with Gasteiger partial charge in [-0.25, -0.2) is 0 Å². The number of halogens is 1. The number of nitrogens with two attached hydrogens (primary N) is 1. The molecule has 0 amide bonds. The zero-order valence-corrected chi connectivity index (χ0v) is 12.4. The van der Waals surface area contributed by atoms with Crippen LogP contribution in [0.3, 0.4) is 0 Å². The van der Waals surface area contributed by atoms with Crippen molar-refractivity contribution in [1.82, 2.24) is 0 Å². The van der Waals surface area contributed by atoms with Crippen molar-refractivity contribution in [2.45, 2.75) is 23.6 Å². The molecule has 0 radical (unpaired) electrons. The van der Waals surface area contributed by atoms with Crippen molar-refractivity contribution in [1.29, 1.82) is 5.41 Å². The summed E-state index contributed by atoms with van der Waals surface area (Å²) < 4.78 is 0. The van der Waals surface area contributed by atoms with Crippen LogP contribution in [0.15, 0.2) is 46.2 Å². The molecule has 2 rings (SSSR count). The van der Waals surface area contributed by atoms with Gasteiger partial charge in [0.25, 0.3) is 0 Å². The number of hydrogen-bond donors (Lipinski definition) is 2. The lowest BCUT2D eigenvalue weighted by molar-refractivity contribution is 1.25. The van der Waals surface area contributed by atoms with Gasteiger partial charge in [0, 0.05) is 15.4 Å². The molecule has 2 nitrogen and oxygen atoms in total. The second-order valence-corrected chi connectivity index (χ2v) is 5.89. The van der Waals surface area contributed by atoms with E-state index in [2.05, 4.69) is 32.0 Å². The number of amidine groups is 1. The summed E-state index contributed by atoms with van der Waals surface area (Å²) in [6.45, 7) is 4.13. The SMILES string of the molecule is Cc1ccc(C)c(Sc2cccc(Cl)c2C(=N)N)c1. The van der Waals surface area contributed by atoms with Gasteiger partial charge in [0.2, 0.25) is 0 Å². The first kappa shape index (κ1) is 14.0. The Morgan fingerprint density at radius 1 is 1.16 bits per heavy atom. The predicted octanol–water partition coefficient (Wildman–Crippen LogP) is 4.39. The molecule has 0 aliphatic carbocycles. The number of rotatable bonds is 3. The summed E-state index contributed by atoms with van der Waals surface area (Å²) in [7, 11) is 0. The molecule has 2 aromatic carbocycles.